The molecule has 2 aliphatic rings. The number of hydrogen-bond donors (Lipinski definition) is 7. The molecule has 7 N–H and O–H groups in total. The van der Waals surface area contributed by atoms with Crippen molar-refractivity contribution in [3.05, 3.63) is 0 Å². The number of aliphatic hydroxyl groups is 7. The summed E-state index contributed by atoms with van der Waals surface area (Å²) >= 11 is 0. The van der Waals surface area contributed by atoms with Gasteiger partial charge in [0.1, 0.15) is 42.7 Å². The molecule has 2 saturated heterocycles. The van der Waals surface area contributed by atoms with Gasteiger partial charge in [0, 0.05) is 6.42 Å². The molecule has 0 aromatic rings. The van der Waals surface area contributed by atoms with Crippen molar-refractivity contribution < 1.29 is 59.5 Å². The maximum Gasteiger partial charge on any atom is 0.306 e. The third kappa shape index (κ3) is 12.2. The first-order chi connectivity index (χ1) is 20.2. The van der Waals surface area contributed by atoms with Crippen LogP contribution >= 0.6 is 0 Å². The van der Waals surface area contributed by atoms with Gasteiger partial charge < -0.3 is 54.7 Å². The van der Waals surface area contributed by atoms with E-state index in [9.17, 15) is 40.5 Å². The van der Waals surface area contributed by atoms with Gasteiger partial charge in [-0.3, -0.25) is 4.79 Å². The van der Waals surface area contributed by atoms with Gasteiger partial charge in [0.05, 0.1) is 13.2 Å². The molecule has 2 rings (SSSR count). The van der Waals surface area contributed by atoms with E-state index in [0.717, 1.165) is 19.3 Å². The first-order valence-corrected chi connectivity index (χ1v) is 16.0. The number of unbranched alkanes of at least 4 members (excludes halogenated alkanes) is 14. The molecule has 2 fully saturated rings. The van der Waals surface area contributed by atoms with Crippen molar-refractivity contribution in [1.82, 2.24) is 0 Å². The lowest BCUT2D eigenvalue weighted by atomic mass is 9.97. The molecule has 0 spiro atoms. The second-order valence-electron chi connectivity index (χ2n) is 11.7. The van der Waals surface area contributed by atoms with Gasteiger partial charge >= 0.3 is 5.97 Å². The van der Waals surface area contributed by atoms with E-state index in [0.29, 0.717) is 6.42 Å². The number of carbonyl (C=O) groups excluding carboxylic acids is 1. The van der Waals surface area contributed by atoms with Crippen LogP contribution in [0.1, 0.15) is 110 Å². The summed E-state index contributed by atoms with van der Waals surface area (Å²) in [5, 5.41) is 70.2. The summed E-state index contributed by atoms with van der Waals surface area (Å²) in [5.41, 5.74) is 0. The van der Waals surface area contributed by atoms with Crippen LogP contribution in [0, 0.1) is 0 Å². The van der Waals surface area contributed by atoms with Gasteiger partial charge in [-0.2, -0.15) is 0 Å². The van der Waals surface area contributed by atoms with Gasteiger partial charge in [0.2, 0.25) is 0 Å². The van der Waals surface area contributed by atoms with Crippen molar-refractivity contribution in [3.8, 4) is 0 Å². The molecule has 0 aromatic heterocycles. The summed E-state index contributed by atoms with van der Waals surface area (Å²) in [6.07, 6.45) is 2.27. The maximum atomic E-state index is 12.6. The lowest BCUT2D eigenvalue weighted by molar-refractivity contribution is -0.355. The molecule has 12 heteroatoms. The van der Waals surface area contributed by atoms with Gasteiger partial charge in [0.15, 0.2) is 18.7 Å². The van der Waals surface area contributed by atoms with Gasteiger partial charge in [-0.1, -0.05) is 96.8 Å². The van der Waals surface area contributed by atoms with Crippen molar-refractivity contribution in [2.45, 2.75) is 171 Å². The number of esters is 1. The molecule has 2 aliphatic heterocycles. The zero-order valence-electron chi connectivity index (χ0n) is 25.2. The van der Waals surface area contributed by atoms with Crippen LogP contribution in [0.2, 0.25) is 0 Å². The Bertz CT molecular complexity index is 710. The van der Waals surface area contributed by atoms with Crippen molar-refractivity contribution in [3.63, 3.8) is 0 Å². The van der Waals surface area contributed by atoms with E-state index in [4.69, 9.17) is 18.9 Å². The van der Waals surface area contributed by atoms with Crippen LogP contribution in [0.4, 0.5) is 0 Å². The Kier molecular flexibility index (Phi) is 18.6. The minimum absolute atomic E-state index is 0.0764. The van der Waals surface area contributed by atoms with E-state index < -0.39 is 80.6 Å². The predicted molar refractivity (Wildman–Crippen MR) is 152 cm³/mol. The predicted octanol–water partition coefficient (Wildman–Crippen LogP) is 1.42. The number of rotatable bonds is 21. The van der Waals surface area contributed by atoms with Crippen LogP contribution in [-0.2, 0) is 23.7 Å². The van der Waals surface area contributed by atoms with Gasteiger partial charge in [-0.15, -0.1) is 0 Å². The van der Waals surface area contributed by atoms with Crippen molar-refractivity contribution in [1.29, 1.82) is 0 Å². The second kappa shape index (κ2) is 20.9. The molecule has 10 atom stereocenters. The first kappa shape index (κ1) is 37.3. The normalized spacial score (nSPS) is 33.5. The van der Waals surface area contributed by atoms with Crippen LogP contribution in [0.5, 0.6) is 0 Å². The highest BCUT2D eigenvalue weighted by Gasteiger charge is 2.51. The lowest BCUT2D eigenvalue weighted by Gasteiger charge is -2.46. The molecular formula is C30H56O12. The molecule has 0 unspecified atom stereocenters. The minimum Gasteiger partial charge on any atom is -0.454 e. The molecule has 0 amide bonds. The molecule has 248 valence electrons. The Morgan fingerprint density at radius 2 is 1.07 bits per heavy atom. The highest BCUT2D eigenvalue weighted by atomic mass is 16.7. The minimum atomic E-state index is -1.77. The molecular weight excluding hydrogens is 552 g/mol. The van der Waals surface area contributed by atoms with Gasteiger partial charge in [-0.05, 0) is 6.42 Å². The fourth-order valence-electron chi connectivity index (χ4n) is 5.53. The molecule has 12 nitrogen and oxygen atoms in total. The van der Waals surface area contributed by atoms with Crippen LogP contribution < -0.4 is 0 Å². The van der Waals surface area contributed by atoms with E-state index >= 15 is 0 Å². The Hall–Kier alpha value is -0.930. The highest BCUT2D eigenvalue weighted by molar-refractivity contribution is 5.69. The number of carbonyl (C=O) groups is 1. The third-order valence-electron chi connectivity index (χ3n) is 8.21. The Labute approximate surface area is 249 Å². The van der Waals surface area contributed by atoms with Crippen molar-refractivity contribution in [2.75, 3.05) is 13.2 Å². The standard InChI is InChI=1S/C30H56O12/c1-2-3-4-5-6-7-8-9-10-11-12-13-14-15-16-17-22(33)41-28-24(35)23(34)20(18-31)40-30(28)42-27-21(19-32)39-29(38)26(37)25(27)36/h20-21,23-32,34-38H,2-19H2,1H3/t20-,21-,23+,24+,25-,26-,27-,28-,29-,30+/m1/s1. The molecule has 2 heterocycles. The topological polar surface area (TPSA) is 196 Å². The average Bonchev–Trinajstić information content (AvgIpc) is 2.98. The van der Waals surface area contributed by atoms with E-state index in [1.807, 2.05) is 0 Å². The van der Waals surface area contributed by atoms with E-state index in [1.165, 1.54) is 70.6 Å². The Morgan fingerprint density at radius 3 is 1.57 bits per heavy atom. The van der Waals surface area contributed by atoms with Crippen molar-refractivity contribution >= 4 is 5.97 Å². The van der Waals surface area contributed by atoms with Gasteiger partial charge in [-0.25, -0.2) is 0 Å². The van der Waals surface area contributed by atoms with E-state index in [2.05, 4.69) is 6.92 Å². The summed E-state index contributed by atoms with van der Waals surface area (Å²) in [6.45, 7) is 0.851. The highest BCUT2D eigenvalue weighted by Crippen LogP contribution is 2.30. The van der Waals surface area contributed by atoms with Gasteiger partial charge in [0.25, 0.3) is 0 Å². The summed E-state index contributed by atoms with van der Waals surface area (Å²) in [6, 6.07) is 0. The Balaban J connectivity index is 1.71. The quantitative estimate of drug-likeness (QED) is 0.0732. The number of ether oxygens (including phenoxy) is 4. The van der Waals surface area contributed by atoms with Crippen LogP contribution in [-0.4, -0.2) is 116 Å². The molecule has 42 heavy (non-hydrogen) atoms. The molecule has 0 bridgehead atoms. The summed E-state index contributed by atoms with van der Waals surface area (Å²) in [5.74, 6) is -0.643. The molecule has 0 saturated carbocycles. The molecule has 0 radical (unpaired) electrons. The number of aliphatic hydroxyl groups excluding tert-OH is 7. The summed E-state index contributed by atoms with van der Waals surface area (Å²) in [4.78, 5) is 12.6. The fourth-order valence-corrected chi connectivity index (χ4v) is 5.53. The largest absolute Gasteiger partial charge is 0.454 e. The Morgan fingerprint density at radius 1 is 0.595 bits per heavy atom. The van der Waals surface area contributed by atoms with E-state index in [-0.39, 0.29) is 6.42 Å². The zero-order chi connectivity index (χ0) is 30.9. The van der Waals surface area contributed by atoms with E-state index in [1.54, 1.807) is 0 Å². The summed E-state index contributed by atoms with van der Waals surface area (Å²) < 4.78 is 21.7. The summed E-state index contributed by atoms with van der Waals surface area (Å²) in [7, 11) is 0. The van der Waals surface area contributed by atoms with Crippen LogP contribution in [0.25, 0.3) is 0 Å². The smallest absolute Gasteiger partial charge is 0.306 e. The van der Waals surface area contributed by atoms with Crippen molar-refractivity contribution in [2.24, 2.45) is 0 Å². The SMILES string of the molecule is CCCCCCCCCCCCCCCCCC(=O)O[C@H]1[C@H](O[C@H]2[C@H](O)[C@@H](O)[C@H](O)O[C@@H]2CO)O[C@H](CO)[C@H](O)[C@@H]1O. The molecule has 0 aromatic carbocycles. The average molecular weight is 609 g/mol. The first-order valence-electron chi connectivity index (χ1n) is 16.0. The van der Waals surface area contributed by atoms with Crippen LogP contribution in [0.15, 0.2) is 0 Å². The monoisotopic (exact) mass is 608 g/mol. The second-order valence-corrected chi connectivity index (χ2v) is 11.7. The lowest BCUT2D eigenvalue weighted by Crippen LogP contribution is -2.65. The zero-order valence-corrected chi connectivity index (χ0v) is 25.2. The third-order valence-corrected chi connectivity index (χ3v) is 8.21. The molecule has 0 aliphatic carbocycles. The van der Waals surface area contributed by atoms with Crippen LogP contribution in [0.3, 0.4) is 0 Å². The maximum absolute atomic E-state index is 12.6. The fraction of sp³-hybridized carbons (Fsp3) is 0.967. The number of hydrogen-bond acceptors (Lipinski definition) is 12.